The van der Waals surface area contributed by atoms with E-state index in [9.17, 15) is 8.42 Å². The van der Waals surface area contributed by atoms with E-state index >= 15 is 0 Å². The number of benzene rings is 3. The molecular formula is C16H10Cl2N2O3S. The van der Waals surface area contributed by atoms with Crippen molar-refractivity contribution >= 4 is 53.8 Å². The number of fused-ring (bicyclic) bond motifs is 1. The van der Waals surface area contributed by atoms with E-state index in [1.807, 2.05) is 30.3 Å². The Bertz CT molecular complexity index is 1020. The van der Waals surface area contributed by atoms with E-state index in [0.29, 0.717) is 16.4 Å². The second-order valence-electron chi connectivity index (χ2n) is 4.79. The molecular weight excluding hydrogens is 371 g/mol. The van der Waals surface area contributed by atoms with Gasteiger partial charge in [0.15, 0.2) is 0 Å². The van der Waals surface area contributed by atoms with Crippen LogP contribution in [0.3, 0.4) is 0 Å². The van der Waals surface area contributed by atoms with Gasteiger partial charge in [0.25, 0.3) is 0 Å². The predicted molar refractivity (Wildman–Crippen MR) is 95.0 cm³/mol. The fraction of sp³-hybridized carbons (Fsp3) is 0. The van der Waals surface area contributed by atoms with Gasteiger partial charge in [-0.15, -0.1) is 5.11 Å². The van der Waals surface area contributed by atoms with E-state index < -0.39 is 9.33 Å². The number of nitrogens with zero attached hydrogens (tertiary/aromatic N) is 2. The summed E-state index contributed by atoms with van der Waals surface area (Å²) >= 11 is 6.21. The number of hydrogen-bond donors (Lipinski definition) is 0. The second kappa shape index (κ2) is 6.76. The van der Waals surface area contributed by atoms with Gasteiger partial charge in [-0.3, -0.25) is 0 Å². The van der Waals surface area contributed by atoms with Gasteiger partial charge in [0, 0.05) is 5.39 Å². The maximum Gasteiger partial charge on any atom is 0.401 e. The number of halogens is 2. The minimum Gasteiger partial charge on any atom is -0.371 e. The average Bonchev–Trinajstić information content (AvgIpc) is 2.54. The highest BCUT2D eigenvalue weighted by atomic mass is 35.7. The molecule has 24 heavy (non-hydrogen) atoms. The lowest BCUT2D eigenvalue weighted by Gasteiger charge is -2.03. The van der Waals surface area contributed by atoms with Crippen molar-refractivity contribution in [2.45, 2.75) is 0 Å². The molecule has 3 aromatic rings. The van der Waals surface area contributed by atoms with Crippen LogP contribution in [-0.4, -0.2) is 8.42 Å². The van der Waals surface area contributed by atoms with Crippen molar-refractivity contribution < 1.29 is 12.6 Å². The molecule has 0 aliphatic carbocycles. The van der Waals surface area contributed by atoms with Crippen LogP contribution in [0.5, 0.6) is 5.75 Å². The highest BCUT2D eigenvalue weighted by molar-refractivity contribution is 8.10. The van der Waals surface area contributed by atoms with Gasteiger partial charge in [-0.05, 0) is 35.7 Å². The topological polar surface area (TPSA) is 68.1 Å². The molecule has 3 rings (SSSR count). The molecule has 0 saturated heterocycles. The zero-order valence-electron chi connectivity index (χ0n) is 12.1. The van der Waals surface area contributed by atoms with Gasteiger partial charge in [0.05, 0.1) is 21.4 Å². The Morgan fingerprint density at radius 1 is 0.875 bits per heavy atom. The summed E-state index contributed by atoms with van der Waals surface area (Å²) in [5, 5.41) is 10.7. The molecule has 0 aliphatic rings. The first-order valence-corrected chi connectivity index (χ1v) is 9.37. The Balaban J connectivity index is 1.90. The lowest BCUT2D eigenvalue weighted by molar-refractivity contribution is 0.503. The van der Waals surface area contributed by atoms with E-state index in [0.717, 1.165) is 10.8 Å². The van der Waals surface area contributed by atoms with Gasteiger partial charge in [0.1, 0.15) is 11.4 Å². The maximum absolute atomic E-state index is 10.8. The molecule has 0 N–H and O–H groups in total. The smallest absolute Gasteiger partial charge is 0.371 e. The van der Waals surface area contributed by atoms with Crippen LogP contribution in [0.25, 0.3) is 10.8 Å². The molecule has 0 atom stereocenters. The molecule has 0 spiro atoms. The zero-order valence-corrected chi connectivity index (χ0v) is 14.4. The molecule has 3 aromatic carbocycles. The highest BCUT2D eigenvalue weighted by Gasteiger charge is 2.07. The summed E-state index contributed by atoms with van der Waals surface area (Å²) in [7, 11) is 0.940. The molecule has 5 nitrogen and oxygen atoms in total. The monoisotopic (exact) mass is 380 g/mol. The van der Waals surface area contributed by atoms with E-state index in [-0.39, 0.29) is 5.75 Å². The summed E-state index contributed by atoms with van der Waals surface area (Å²) in [5.41, 5.74) is 1.08. The fourth-order valence-corrected chi connectivity index (χ4v) is 2.88. The van der Waals surface area contributed by atoms with Crippen LogP contribution in [0.1, 0.15) is 0 Å². The van der Waals surface area contributed by atoms with Crippen LogP contribution in [0, 0.1) is 0 Å². The predicted octanol–water partition coefficient (Wildman–Crippen LogP) is 5.77. The molecule has 0 amide bonds. The van der Waals surface area contributed by atoms with Gasteiger partial charge in [-0.25, -0.2) is 0 Å². The SMILES string of the molecule is O=S(=O)(Cl)Oc1ccc(N=Nc2c(Cl)ccc3ccccc23)cc1. The number of rotatable bonds is 4. The first-order valence-electron chi connectivity index (χ1n) is 6.75. The minimum absolute atomic E-state index is 0.0899. The first-order chi connectivity index (χ1) is 11.4. The van der Waals surface area contributed by atoms with Gasteiger partial charge in [-0.2, -0.15) is 13.5 Å². The molecule has 0 unspecified atom stereocenters. The Hall–Kier alpha value is -2.15. The molecule has 0 aliphatic heterocycles. The molecule has 122 valence electrons. The molecule has 0 heterocycles. The fourth-order valence-electron chi connectivity index (χ4n) is 2.12. The van der Waals surface area contributed by atoms with E-state index in [4.69, 9.17) is 22.3 Å². The van der Waals surface area contributed by atoms with Gasteiger partial charge >= 0.3 is 9.33 Å². The van der Waals surface area contributed by atoms with Crippen LogP contribution in [0.15, 0.2) is 70.9 Å². The van der Waals surface area contributed by atoms with Crippen molar-refractivity contribution in [3.63, 3.8) is 0 Å². The summed E-state index contributed by atoms with van der Waals surface area (Å²) in [6.07, 6.45) is 0. The van der Waals surface area contributed by atoms with E-state index in [1.165, 1.54) is 12.1 Å². The molecule has 8 heteroatoms. The standard InChI is InChI=1S/C16H10Cl2N2O3S/c17-15-10-5-11-3-1-2-4-14(11)16(15)20-19-12-6-8-13(9-7-12)23-24(18,21)22/h1-10H. The van der Waals surface area contributed by atoms with Crippen LogP contribution in [0.2, 0.25) is 5.02 Å². The van der Waals surface area contributed by atoms with E-state index in [1.54, 1.807) is 18.2 Å². The zero-order chi connectivity index (χ0) is 17.2. The maximum atomic E-state index is 10.8. The summed E-state index contributed by atoms with van der Waals surface area (Å²) in [4.78, 5) is 0. The first kappa shape index (κ1) is 16.7. The van der Waals surface area contributed by atoms with E-state index in [2.05, 4.69) is 14.4 Å². The van der Waals surface area contributed by atoms with Gasteiger partial charge in [0.2, 0.25) is 0 Å². The Morgan fingerprint density at radius 2 is 1.58 bits per heavy atom. The lowest BCUT2D eigenvalue weighted by Crippen LogP contribution is -1.99. The normalized spacial score (nSPS) is 11.9. The summed E-state index contributed by atoms with van der Waals surface area (Å²) in [6.45, 7) is 0. The van der Waals surface area contributed by atoms with Crippen molar-refractivity contribution in [1.29, 1.82) is 0 Å². The minimum atomic E-state index is -4.07. The van der Waals surface area contributed by atoms with Crippen molar-refractivity contribution in [3.05, 3.63) is 65.7 Å². The third-order valence-corrected chi connectivity index (χ3v) is 4.03. The molecule has 0 aromatic heterocycles. The Labute approximate surface area is 148 Å². The quantitative estimate of drug-likeness (QED) is 0.426. The van der Waals surface area contributed by atoms with Crippen molar-refractivity contribution in [1.82, 2.24) is 0 Å². The third kappa shape index (κ3) is 4.03. The Kier molecular flexibility index (Phi) is 4.71. The summed E-state index contributed by atoms with van der Waals surface area (Å²) in [6, 6.07) is 17.4. The lowest BCUT2D eigenvalue weighted by atomic mass is 10.1. The molecule has 0 radical (unpaired) electrons. The Morgan fingerprint density at radius 3 is 2.29 bits per heavy atom. The second-order valence-corrected chi connectivity index (χ2v) is 7.28. The van der Waals surface area contributed by atoms with Crippen molar-refractivity contribution in [2.24, 2.45) is 10.2 Å². The van der Waals surface area contributed by atoms with Gasteiger partial charge < -0.3 is 4.18 Å². The average molecular weight is 381 g/mol. The van der Waals surface area contributed by atoms with Crippen molar-refractivity contribution in [3.8, 4) is 5.75 Å². The summed E-state index contributed by atoms with van der Waals surface area (Å²) in [5.74, 6) is 0.0899. The third-order valence-electron chi connectivity index (χ3n) is 3.15. The van der Waals surface area contributed by atoms with Gasteiger partial charge in [-0.1, -0.05) is 41.9 Å². The molecule has 0 bridgehead atoms. The highest BCUT2D eigenvalue weighted by Crippen LogP contribution is 2.34. The van der Waals surface area contributed by atoms with Crippen LogP contribution in [0.4, 0.5) is 11.4 Å². The van der Waals surface area contributed by atoms with Crippen LogP contribution in [-0.2, 0) is 9.33 Å². The largest absolute Gasteiger partial charge is 0.401 e. The van der Waals surface area contributed by atoms with Crippen LogP contribution >= 0.6 is 22.3 Å². The number of hydrogen-bond acceptors (Lipinski definition) is 5. The van der Waals surface area contributed by atoms with Crippen molar-refractivity contribution in [2.75, 3.05) is 0 Å². The molecule has 0 saturated carbocycles. The molecule has 0 fully saturated rings. The number of azo groups is 1. The van der Waals surface area contributed by atoms with Crippen LogP contribution < -0.4 is 4.18 Å². The summed E-state index contributed by atoms with van der Waals surface area (Å²) < 4.78 is 26.2.